The predicted octanol–water partition coefficient (Wildman–Crippen LogP) is 3.15. The first-order valence-electron chi connectivity index (χ1n) is 8.82. The van der Waals surface area contributed by atoms with E-state index in [0.717, 1.165) is 43.4 Å². The van der Waals surface area contributed by atoms with Gasteiger partial charge in [0.2, 0.25) is 0 Å². The van der Waals surface area contributed by atoms with Crippen LogP contribution in [0.25, 0.3) is 0 Å². The zero-order chi connectivity index (χ0) is 16.7. The minimum atomic E-state index is 0.601. The van der Waals surface area contributed by atoms with E-state index in [1.165, 1.54) is 24.1 Å². The van der Waals surface area contributed by atoms with Crippen LogP contribution in [-0.2, 0) is 6.67 Å². The Bertz CT molecular complexity index is 781. The second kappa shape index (κ2) is 6.33. The topological polar surface area (TPSA) is 29.2 Å². The smallest absolute Gasteiger partial charge is 0.199 e. The fraction of sp³-hybridized carbons (Fsp3) is 0.556. The van der Waals surface area contributed by atoms with Crippen molar-refractivity contribution < 1.29 is 0 Å². The van der Waals surface area contributed by atoms with Gasteiger partial charge in [0.05, 0.1) is 6.67 Å². The Morgan fingerprint density at radius 1 is 1.08 bits per heavy atom. The summed E-state index contributed by atoms with van der Waals surface area (Å²) in [6.07, 6.45) is 2.49. The van der Waals surface area contributed by atoms with Crippen molar-refractivity contribution in [3.8, 4) is 0 Å². The van der Waals surface area contributed by atoms with Gasteiger partial charge in [0.1, 0.15) is 5.82 Å². The van der Waals surface area contributed by atoms with Crippen molar-refractivity contribution in [3.63, 3.8) is 0 Å². The summed E-state index contributed by atoms with van der Waals surface area (Å²) in [4.78, 5) is 4.94. The van der Waals surface area contributed by atoms with Gasteiger partial charge >= 0.3 is 0 Å². The third-order valence-corrected chi connectivity index (χ3v) is 5.52. The van der Waals surface area contributed by atoms with E-state index in [9.17, 15) is 0 Å². The molecule has 2 fully saturated rings. The molecule has 1 aromatic carbocycles. The molecule has 0 spiro atoms. The molecular weight excluding hydrogens is 318 g/mol. The maximum absolute atomic E-state index is 5.64. The Morgan fingerprint density at radius 3 is 2.46 bits per heavy atom. The van der Waals surface area contributed by atoms with E-state index in [4.69, 9.17) is 12.2 Å². The third-order valence-electron chi connectivity index (χ3n) is 5.12. The Morgan fingerprint density at radius 2 is 1.79 bits per heavy atom. The fourth-order valence-corrected chi connectivity index (χ4v) is 3.99. The molecule has 5 nitrogen and oxygen atoms in total. The molecule has 1 saturated carbocycles. The van der Waals surface area contributed by atoms with Crippen molar-refractivity contribution in [2.45, 2.75) is 39.4 Å². The third kappa shape index (κ3) is 3.00. The zero-order valence-corrected chi connectivity index (χ0v) is 15.3. The molecule has 4 rings (SSSR count). The van der Waals surface area contributed by atoms with E-state index in [-0.39, 0.29) is 0 Å². The van der Waals surface area contributed by atoms with Crippen molar-refractivity contribution >= 4 is 17.9 Å². The van der Waals surface area contributed by atoms with Gasteiger partial charge in [-0.3, -0.25) is 4.90 Å². The van der Waals surface area contributed by atoms with Crippen molar-refractivity contribution in [2.24, 2.45) is 0 Å². The molecule has 1 aromatic heterocycles. The number of aryl methyl sites for hydroxylation is 2. The fourth-order valence-electron chi connectivity index (χ4n) is 3.61. The maximum atomic E-state index is 5.64. The monoisotopic (exact) mass is 343 g/mol. The van der Waals surface area contributed by atoms with Gasteiger partial charge < -0.3 is 9.47 Å². The molecule has 2 aliphatic rings. The highest BCUT2D eigenvalue weighted by molar-refractivity contribution is 7.71. The van der Waals surface area contributed by atoms with Crippen LogP contribution in [0.3, 0.4) is 0 Å². The van der Waals surface area contributed by atoms with E-state index in [1.807, 2.05) is 4.68 Å². The summed E-state index contributed by atoms with van der Waals surface area (Å²) < 4.78 is 5.13. The highest BCUT2D eigenvalue weighted by Crippen LogP contribution is 2.36. The lowest BCUT2D eigenvalue weighted by Crippen LogP contribution is -2.47. The molecule has 0 radical (unpaired) electrons. The maximum Gasteiger partial charge on any atom is 0.199 e. The lowest BCUT2D eigenvalue weighted by molar-refractivity contribution is 0.194. The predicted molar refractivity (Wildman–Crippen MR) is 99.0 cm³/mol. The van der Waals surface area contributed by atoms with Gasteiger partial charge in [-0.25, -0.2) is 4.68 Å². The quantitative estimate of drug-likeness (QED) is 0.798. The molecule has 0 amide bonds. The summed E-state index contributed by atoms with van der Waals surface area (Å²) in [6, 6.07) is 9.25. The molecular formula is C18H25N5S. The highest BCUT2D eigenvalue weighted by atomic mass is 32.1. The lowest BCUT2D eigenvalue weighted by atomic mass is 10.1. The average molecular weight is 344 g/mol. The van der Waals surface area contributed by atoms with Crippen molar-refractivity contribution in [3.05, 3.63) is 40.4 Å². The molecule has 0 bridgehead atoms. The van der Waals surface area contributed by atoms with E-state index >= 15 is 0 Å². The molecule has 6 heteroatoms. The van der Waals surface area contributed by atoms with Crippen LogP contribution in [0.4, 0.5) is 5.69 Å². The molecule has 1 aliphatic carbocycles. The molecule has 1 aliphatic heterocycles. The second-order valence-corrected chi connectivity index (χ2v) is 7.33. The van der Waals surface area contributed by atoms with E-state index in [0.29, 0.717) is 6.04 Å². The van der Waals surface area contributed by atoms with Crippen LogP contribution in [0, 0.1) is 18.6 Å². The Balaban J connectivity index is 1.41. The largest absolute Gasteiger partial charge is 0.369 e. The van der Waals surface area contributed by atoms with E-state index in [2.05, 4.69) is 57.6 Å². The Kier molecular flexibility index (Phi) is 4.18. The summed E-state index contributed by atoms with van der Waals surface area (Å²) in [5.74, 6) is 1.06. The number of rotatable bonds is 4. The molecule has 24 heavy (non-hydrogen) atoms. The van der Waals surface area contributed by atoms with Crippen LogP contribution in [0.15, 0.2) is 24.3 Å². The summed E-state index contributed by atoms with van der Waals surface area (Å²) in [6.45, 7) is 9.27. The highest BCUT2D eigenvalue weighted by Gasteiger charge is 2.27. The number of benzene rings is 1. The molecule has 0 atom stereocenters. The van der Waals surface area contributed by atoms with E-state index < -0.39 is 0 Å². The van der Waals surface area contributed by atoms with Crippen molar-refractivity contribution in [1.29, 1.82) is 0 Å². The van der Waals surface area contributed by atoms with Gasteiger partial charge in [-0.1, -0.05) is 18.2 Å². The SMILES string of the molecule is Cc1ccccc1N1CCN(Cn2nc(C)n(C3CC3)c2=S)CC1. The normalized spacial score (nSPS) is 19.0. The number of para-hydroxylation sites is 1. The summed E-state index contributed by atoms with van der Waals surface area (Å²) in [5, 5.41) is 4.68. The van der Waals surface area contributed by atoms with Crippen molar-refractivity contribution in [1.82, 2.24) is 19.2 Å². The first-order chi connectivity index (χ1) is 11.6. The molecule has 2 heterocycles. The average Bonchev–Trinajstić information content (AvgIpc) is 3.36. The zero-order valence-electron chi connectivity index (χ0n) is 14.5. The van der Waals surface area contributed by atoms with Crippen LogP contribution in [0.5, 0.6) is 0 Å². The lowest BCUT2D eigenvalue weighted by Gasteiger charge is -2.36. The van der Waals surface area contributed by atoms with Crippen LogP contribution in [0.2, 0.25) is 0 Å². The molecule has 128 valence electrons. The number of nitrogens with zero attached hydrogens (tertiary/aromatic N) is 5. The number of anilines is 1. The van der Waals surface area contributed by atoms with Crippen LogP contribution in [0.1, 0.15) is 30.3 Å². The molecule has 0 unspecified atom stereocenters. The second-order valence-electron chi connectivity index (χ2n) is 6.96. The first kappa shape index (κ1) is 15.8. The van der Waals surface area contributed by atoms with Gasteiger partial charge in [0.15, 0.2) is 4.77 Å². The summed E-state index contributed by atoms with van der Waals surface area (Å²) in [5.41, 5.74) is 2.72. The minimum absolute atomic E-state index is 0.601. The molecule has 1 saturated heterocycles. The number of hydrogen-bond acceptors (Lipinski definition) is 4. The Hall–Kier alpha value is -1.66. The first-order valence-corrected chi connectivity index (χ1v) is 9.23. The standard InChI is InChI=1S/C18H25N5S/c1-14-5-3-4-6-17(14)21-11-9-20(10-12-21)13-22-18(24)23(15(2)19-22)16-7-8-16/h3-6,16H,7-13H2,1-2H3. The molecule has 0 N–H and O–H groups in total. The minimum Gasteiger partial charge on any atom is -0.369 e. The number of piperazine rings is 1. The van der Waals surface area contributed by atoms with Gasteiger partial charge in [-0.15, -0.1) is 0 Å². The number of hydrogen-bond donors (Lipinski definition) is 0. The van der Waals surface area contributed by atoms with Gasteiger partial charge in [-0.05, 0) is 50.5 Å². The van der Waals surface area contributed by atoms with Crippen LogP contribution in [-0.4, -0.2) is 45.4 Å². The number of aromatic nitrogens is 3. The van der Waals surface area contributed by atoms with Gasteiger partial charge in [-0.2, -0.15) is 5.10 Å². The van der Waals surface area contributed by atoms with Gasteiger partial charge in [0.25, 0.3) is 0 Å². The van der Waals surface area contributed by atoms with Crippen LogP contribution >= 0.6 is 12.2 Å². The van der Waals surface area contributed by atoms with Crippen molar-refractivity contribution in [2.75, 3.05) is 31.1 Å². The van der Waals surface area contributed by atoms with Crippen LogP contribution < -0.4 is 4.90 Å². The molecule has 2 aromatic rings. The summed E-state index contributed by atoms with van der Waals surface area (Å²) in [7, 11) is 0. The Labute approximate surface area is 148 Å². The van der Waals surface area contributed by atoms with E-state index in [1.54, 1.807) is 0 Å². The summed E-state index contributed by atoms with van der Waals surface area (Å²) >= 11 is 5.64. The van der Waals surface area contributed by atoms with Gasteiger partial charge in [0, 0.05) is 37.9 Å².